The van der Waals surface area contributed by atoms with E-state index in [1.165, 1.54) is 4.31 Å². The fourth-order valence-electron chi connectivity index (χ4n) is 2.75. The van der Waals surface area contributed by atoms with E-state index in [0.29, 0.717) is 19.0 Å². The van der Waals surface area contributed by atoms with Gasteiger partial charge >= 0.3 is 0 Å². The van der Waals surface area contributed by atoms with E-state index in [9.17, 15) is 13.5 Å². The maximum atomic E-state index is 12.8. The van der Waals surface area contributed by atoms with Gasteiger partial charge in [-0.25, -0.2) is 0 Å². The molecule has 6 heteroatoms. The molecule has 2 fully saturated rings. The van der Waals surface area contributed by atoms with Crippen LogP contribution in [0.2, 0.25) is 0 Å². The van der Waals surface area contributed by atoms with Crippen LogP contribution in [-0.2, 0) is 10.2 Å². The normalized spacial score (nSPS) is 26.3. The number of aliphatic hydroxyl groups excluding tert-OH is 1. The molecule has 1 heterocycles. The summed E-state index contributed by atoms with van der Waals surface area (Å²) in [6.07, 6.45) is 4.63. The van der Waals surface area contributed by atoms with E-state index in [0.717, 1.165) is 32.1 Å². The highest BCUT2D eigenvalue weighted by Gasteiger charge is 2.43. The van der Waals surface area contributed by atoms with Crippen LogP contribution in [0.4, 0.5) is 0 Å². The van der Waals surface area contributed by atoms with Crippen molar-refractivity contribution in [3.8, 4) is 0 Å². The largest absolute Gasteiger partial charge is 0.395 e. The van der Waals surface area contributed by atoms with Crippen LogP contribution in [0, 0.1) is 5.92 Å². The SMILES string of the molecule is CC(C)CN(C1CC1)S(=O)(=O)N1CCCCC1CO. The molecule has 1 saturated heterocycles. The Balaban J connectivity index is 2.17. The van der Waals surface area contributed by atoms with Gasteiger partial charge in [-0.05, 0) is 31.6 Å². The molecule has 19 heavy (non-hydrogen) atoms. The summed E-state index contributed by atoms with van der Waals surface area (Å²) >= 11 is 0. The molecule has 0 aromatic carbocycles. The highest BCUT2D eigenvalue weighted by atomic mass is 32.2. The van der Waals surface area contributed by atoms with Crippen molar-refractivity contribution < 1.29 is 13.5 Å². The first-order chi connectivity index (χ1) is 8.96. The summed E-state index contributed by atoms with van der Waals surface area (Å²) in [5.74, 6) is 0.327. The number of piperidine rings is 1. The topological polar surface area (TPSA) is 60.9 Å². The van der Waals surface area contributed by atoms with Gasteiger partial charge in [-0.2, -0.15) is 17.0 Å². The van der Waals surface area contributed by atoms with Crippen LogP contribution >= 0.6 is 0 Å². The lowest BCUT2D eigenvalue weighted by Gasteiger charge is -2.37. The maximum absolute atomic E-state index is 12.8. The molecule has 0 amide bonds. The van der Waals surface area contributed by atoms with Crippen molar-refractivity contribution in [3.63, 3.8) is 0 Å². The zero-order chi connectivity index (χ0) is 14.0. The van der Waals surface area contributed by atoms with Gasteiger partial charge in [0, 0.05) is 25.2 Å². The molecule has 1 aliphatic carbocycles. The Kier molecular flexibility index (Phi) is 4.87. The highest BCUT2D eigenvalue weighted by molar-refractivity contribution is 7.86. The average molecular weight is 290 g/mol. The predicted molar refractivity (Wildman–Crippen MR) is 74.9 cm³/mol. The summed E-state index contributed by atoms with van der Waals surface area (Å²) in [7, 11) is -3.41. The summed E-state index contributed by atoms with van der Waals surface area (Å²) in [5, 5.41) is 9.42. The standard InChI is InChI=1S/C13H26N2O3S/c1-11(2)9-15(12-6-7-12)19(17,18)14-8-4-3-5-13(14)10-16/h11-13,16H,3-10H2,1-2H3. The zero-order valence-corrected chi connectivity index (χ0v) is 12.8. The fraction of sp³-hybridized carbons (Fsp3) is 1.00. The Morgan fingerprint density at radius 1 is 1.26 bits per heavy atom. The molecule has 0 aromatic rings. The molecule has 0 radical (unpaired) electrons. The van der Waals surface area contributed by atoms with Gasteiger partial charge in [0.1, 0.15) is 0 Å². The lowest BCUT2D eigenvalue weighted by Crippen LogP contribution is -2.53. The van der Waals surface area contributed by atoms with Crippen molar-refractivity contribution >= 4 is 10.2 Å². The molecule has 1 unspecified atom stereocenters. The first-order valence-electron chi connectivity index (χ1n) is 7.36. The van der Waals surface area contributed by atoms with Crippen molar-refractivity contribution in [1.82, 2.24) is 8.61 Å². The minimum absolute atomic E-state index is 0.0700. The van der Waals surface area contributed by atoms with Gasteiger partial charge in [-0.3, -0.25) is 0 Å². The minimum Gasteiger partial charge on any atom is -0.395 e. The van der Waals surface area contributed by atoms with Crippen molar-refractivity contribution in [2.75, 3.05) is 19.7 Å². The van der Waals surface area contributed by atoms with E-state index in [4.69, 9.17) is 0 Å². The summed E-state index contributed by atoms with van der Waals surface area (Å²) in [6, 6.07) is -0.0409. The lowest BCUT2D eigenvalue weighted by molar-refractivity contribution is 0.146. The smallest absolute Gasteiger partial charge is 0.282 e. The van der Waals surface area contributed by atoms with Crippen LogP contribution in [-0.4, -0.2) is 53.9 Å². The number of rotatable bonds is 6. The van der Waals surface area contributed by atoms with Crippen LogP contribution in [0.3, 0.4) is 0 Å². The predicted octanol–water partition coefficient (Wildman–Crippen LogP) is 1.20. The minimum atomic E-state index is -3.41. The molecule has 0 aromatic heterocycles. The number of hydrogen-bond donors (Lipinski definition) is 1. The van der Waals surface area contributed by atoms with E-state index in [2.05, 4.69) is 0 Å². The van der Waals surface area contributed by atoms with Crippen LogP contribution < -0.4 is 0 Å². The Morgan fingerprint density at radius 3 is 2.47 bits per heavy atom. The van der Waals surface area contributed by atoms with Crippen molar-refractivity contribution in [2.24, 2.45) is 5.92 Å². The van der Waals surface area contributed by atoms with Gasteiger partial charge in [-0.15, -0.1) is 0 Å². The summed E-state index contributed by atoms with van der Waals surface area (Å²) in [4.78, 5) is 0. The maximum Gasteiger partial charge on any atom is 0.282 e. The van der Waals surface area contributed by atoms with Gasteiger partial charge in [-0.1, -0.05) is 20.3 Å². The molecule has 5 nitrogen and oxygen atoms in total. The molecule has 0 spiro atoms. The molecule has 0 bridgehead atoms. The molecule has 1 saturated carbocycles. The third-order valence-electron chi connectivity index (χ3n) is 3.88. The van der Waals surface area contributed by atoms with Gasteiger partial charge in [0.15, 0.2) is 0 Å². The van der Waals surface area contributed by atoms with E-state index in [-0.39, 0.29) is 18.7 Å². The van der Waals surface area contributed by atoms with Crippen LogP contribution in [0.15, 0.2) is 0 Å². The monoisotopic (exact) mass is 290 g/mol. The Morgan fingerprint density at radius 2 is 1.95 bits per heavy atom. The van der Waals surface area contributed by atoms with Gasteiger partial charge in [0.05, 0.1) is 6.61 Å². The molecule has 2 rings (SSSR count). The van der Waals surface area contributed by atoms with E-state index < -0.39 is 10.2 Å². The average Bonchev–Trinajstić information content (AvgIpc) is 3.19. The van der Waals surface area contributed by atoms with Crippen molar-refractivity contribution in [2.45, 2.75) is 58.0 Å². The fourth-order valence-corrected chi connectivity index (χ4v) is 5.00. The number of hydrogen-bond acceptors (Lipinski definition) is 3. The van der Waals surface area contributed by atoms with Crippen molar-refractivity contribution in [3.05, 3.63) is 0 Å². The molecule has 1 atom stereocenters. The third-order valence-corrected chi connectivity index (χ3v) is 5.99. The van der Waals surface area contributed by atoms with Crippen LogP contribution in [0.25, 0.3) is 0 Å². The van der Waals surface area contributed by atoms with E-state index in [1.807, 2.05) is 13.8 Å². The Hall–Kier alpha value is -0.170. The molecular formula is C13H26N2O3S. The molecular weight excluding hydrogens is 264 g/mol. The molecule has 112 valence electrons. The first kappa shape index (κ1) is 15.2. The molecule has 2 aliphatic rings. The van der Waals surface area contributed by atoms with E-state index in [1.54, 1.807) is 4.31 Å². The van der Waals surface area contributed by atoms with Crippen LogP contribution in [0.5, 0.6) is 0 Å². The van der Waals surface area contributed by atoms with E-state index >= 15 is 0 Å². The zero-order valence-electron chi connectivity index (χ0n) is 12.0. The first-order valence-corrected chi connectivity index (χ1v) is 8.76. The van der Waals surface area contributed by atoms with Crippen molar-refractivity contribution in [1.29, 1.82) is 0 Å². The van der Waals surface area contributed by atoms with Crippen LogP contribution in [0.1, 0.15) is 46.0 Å². The molecule has 1 aliphatic heterocycles. The highest BCUT2D eigenvalue weighted by Crippen LogP contribution is 2.33. The van der Waals surface area contributed by atoms with Gasteiger partial charge < -0.3 is 5.11 Å². The number of nitrogens with zero attached hydrogens (tertiary/aromatic N) is 2. The molecule has 1 N–H and O–H groups in total. The summed E-state index contributed by atoms with van der Waals surface area (Å²) in [5.41, 5.74) is 0. The third kappa shape index (κ3) is 3.48. The second-order valence-electron chi connectivity index (χ2n) is 6.15. The quantitative estimate of drug-likeness (QED) is 0.799. The summed E-state index contributed by atoms with van der Waals surface area (Å²) < 4.78 is 28.8. The Labute approximate surface area is 116 Å². The summed E-state index contributed by atoms with van der Waals surface area (Å²) in [6.45, 7) is 5.16. The lowest BCUT2D eigenvalue weighted by atomic mass is 10.1. The van der Waals surface area contributed by atoms with Gasteiger partial charge in [0.2, 0.25) is 0 Å². The second-order valence-corrected chi connectivity index (χ2v) is 7.98. The number of aliphatic hydroxyl groups is 1. The second kappa shape index (κ2) is 6.08. The van der Waals surface area contributed by atoms with Gasteiger partial charge in [0.25, 0.3) is 10.2 Å². The Bertz CT molecular complexity index is 385.